The van der Waals surface area contributed by atoms with E-state index in [2.05, 4.69) is 16.9 Å². The second-order valence-corrected chi connectivity index (χ2v) is 5.48. The van der Waals surface area contributed by atoms with Crippen molar-refractivity contribution in [2.75, 3.05) is 6.61 Å². The van der Waals surface area contributed by atoms with Gasteiger partial charge in [0.15, 0.2) is 0 Å². The SMILES string of the molecule is C=C(C)C(=O)OCCc1ccc(O)c(-n2nnc3ccccc32)c1. The first-order valence-corrected chi connectivity index (χ1v) is 7.51. The smallest absolute Gasteiger partial charge is 0.333 e. The van der Waals surface area contributed by atoms with Crippen molar-refractivity contribution in [3.63, 3.8) is 0 Å². The molecule has 6 heteroatoms. The van der Waals surface area contributed by atoms with Crippen molar-refractivity contribution in [2.45, 2.75) is 13.3 Å². The summed E-state index contributed by atoms with van der Waals surface area (Å²) >= 11 is 0. The number of rotatable bonds is 5. The van der Waals surface area contributed by atoms with Crippen molar-refractivity contribution in [1.82, 2.24) is 15.0 Å². The van der Waals surface area contributed by atoms with Crippen LogP contribution >= 0.6 is 0 Å². The lowest BCUT2D eigenvalue weighted by atomic mass is 10.1. The molecule has 0 unspecified atom stereocenters. The molecule has 0 atom stereocenters. The number of ether oxygens (including phenoxy) is 1. The van der Waals surface area contributed by atoms with Crippen LogP contribution in [-0.4, -0.2) is 32.7 Å². The Labute approximate surface area is 139 Å². The number of hydrogen-bond acceptors (Lipinski definition) is 5. The number of carbonyl (C=O) groups is 1. The normalized spacial score (nSPS) is 10.7. The molecule has 0 amide bonds. The molecule has 2 aromatic carbocycles. The maximum atomic E-state index is 11.4. The molecule has 1 heterocycles. The Morgan fingerprint density at radius 3 is 2.88 bits per heavy atom. The van der Waals surface area contributed by atoms with Crippen LogP contribution in [0.15, 0.2) is 54.6 Å². The highest BCUT2D eigenvalue weighted by Crippen LogP contribution is 2.25. The number of fused-ring (bicyclic) bond motifs is 1. The van der Waals surface area contributed by atoms with Gasteiger partial charge in [0.05, 0.1) is 12.1 Å². The van der Waals surface area contributed by atoms with Crippen molar-refractivity contribution in [1.29, 1.82) is 0 Å². The van der Waals surface area contributed by atoms with Crippen LogP contribution in [0, 0.1) is 0 Å². The van der Waals surface area contributed by atoms with Crippen molar-refractivity contribution < 1.29 is 14.6 Å². The molecule has 3 aromatic rings. The van der Waals surface area contributed by atoms with Crippen LogP contribution in [0.2, 0.25) is 0 Å². The zero-order valence-electron chi connectivity index (χ0n) is 13.3. The maximum Gasteiger partial charge on any atom is 0.333 e. The summed E-state index contributed by atoms with van der Waals surface area (Å²) in [6.45, 7) is 5.39. The zero-order chi connectivity index (χ0) is 17.1. The highest BCUT2D eigenvalue weighted by atomic mass is 16.5. The molecule has 0 bridgehead atoms. The van der Waals surface area contributed by atoms with Gasteiger partial charge < -0.3 is 9.84 Å². The van der Waals surface area contributed by atoms with Crippen LogP contribution in [0.4, 0.5) is 0 Å². The maximum absolute atomic E-state index is 11.4. The van der Waals surface area contributed by atoms with Gasteiger partial charge in [-0.05, 0) is 36.8 Å². The number of aromatic nitrogens is 3. The Morgan fingerprint density at radius 1 is 1.29 bits per heavy atom. The molecule has 122 valence electrons. The van der Waals surface area contributed by atoms with E-state index < -0.39 is 5.97 Å². The summed E-state index contributed by atoms with van der Waals surface area (Å²) in [6, 6.07) is 12.7. The molecule has 1 aromatic heterocycles. The quantitative estimate of drug-likeness (QED) is 0.577. The molecule has 6 nitrogen and oxygen atoms in total. The number of nitrogens with zero attached hydrogens (tertiary/aromatic N) is 3. The first kappa shape index (κ1) is 15.7. The monoisotopic (exact) mass is 323 g/mol. The molecule has 0 aliphatic heterocycles. The Morgan fingerprint density at radius 2 is 2.08 bits per heavy atom. The minimum absolute atomic E-state index is 0.105. The van der Waals surface area contributed by atoms with E-state index in [1.165, 1.54) is 0 Å². The first-order valence-electron chi connectivity index (χ1n) is 7.51. The number of esters is 1. The number of aromatic hydroxyl groups is 1. The number of carbonyl (C=O) groups excluding carboxylic acids is 1. The Kier molecular flexibility index (Phi) is 4.29. The average Bonchev–Trinajstić information content (AvgIpc) is 3.00. The molecule has 0 saturated heterocycles. The van der Waals surface area contributed by atoms with E-state index in [1.54, 1.807) is 23.7 Å². The predicted octanol–water partition coefficient (Wildman–Crippen LogP) is 2.79. The standard InChI is InChI=1S/C18H17N3O3/c1-12(2)18(23)24-10-9-13-7-8-17(22)16(11-13)21-15-6-4-3-5-14(15)19-20-21/h3-8,11,22H,1,9-10H2,2H3. The lowest BCUT2D eigenvalue weighted by Gasteiger charge is -2.09. The fourth-order valence-corrected chi connectivity index (χ4v) is 2.33. The van der Waals surface area contributed by atoms with Crippen LogP contribution in [0.5, 0.6) is 5.75 Å². The van der Waals surface area contributed by atoms with Gasteiger partial charge in [0.1, 0.15) is 17.0 Å². The summed E-state index contributed by atoms with van der Waals surface area (Å²) in [5, 5.41) is 18.4. The lowest BCUT2D eigenvalue weighted by molar-refractivity contribution is -0.138. The molecular weight excluding hydrogens is 306 g/mol. The highest BCUT2D eigenvalue weighted by Gasteiger charge is 2.11. The number of phenolic OH excluding ortho intramolecular Hbond substituents is 1. The van der Waals surface area contributed by atoms with E-state index in [0.29, 0.717) is 17.7 Å². The first-order chi connectivity index (χ1) is 11.6. The fourth-order valence-electron chi connectivity index (χ4n) is 2.33. The summed E-state index contributed by atoms with van der Waals surface area (Å²) in [4.78, 5) is 11.4. The van der Waals surface area contributed by atoms with Crippen molar-refractivity contribution >= 4 is 17.0 Å². The second-order valence-electron chi connectivity index (χ2n) is 5.48. The largest absolute Gasteiger partial charge is 0.506 e. The predicted molar refractivity (Wildman–Crippen MR) is 90.0 cm³/mol. The third kappa shape index (κ3) is 3.12. The van der Waals surface area contributed by atoms with E-state index in [1.807, 2.05) is 30.3 Å². The highest BCUT2D eigenvalue weighted by molar-refractivity contribution is 5.86. The average molecular weight is 323 g/mol. The van der Waals surface area contributed by atoms with Gasteiger partial charge >= 0.3 is 5.97 Å². The molecule has 3 rings (SSSR count). The number of benzene rings is 2. The summed E-state index contributed by atoms with van der Waals surface area (Å²) in [5.74, 6) is -0.301. The third-order valence-electron chi connectivity index (χ3n) is 3.59. The minimum Gasteiger partial charge on any atom is -0.506 e. The van der Waals surface area contributed by atoms with Crippen LogP contribution in [-0.2, 0) is 16.0 Å². The van der Waals surface area contributed by atoms with E-state index >= 15 is 0 Å². The molecular formula is C18H17N3O3. The van der Waals surface area contributed by atoms with Crippen molar-refractivity contribution in [3.05, 3.63) is 60.2 Å². The Hall–Kier alpha value is -3.15. The van der Waals surface area contributed by atoms with Gasteiger partial charge in [0, 0.05) is 12.0 Å². The molecule has 0 spiro atoms. The van der Waals surface area contributed by atoms with Gasteiger partial charge in [-0.15, -0.1) is 5.10 Å². The summed E-state index contributed by atoms with van der Waals surface area (Å²) < 4.78 is 6.69. The number of phenols is 1. The van der Waals surface area contributed by atoms with Crippen molar-refractivity contribution in [2.24, 2.45) is 0 Å². The topological polar surface area (TPSA) is 77.2 Å². The summed E-state index contributed by atoms with van der Waals surface area (Å²) in [7, 11) is 0. The number of hydrogen-bond donors (Lipinski definition) is 1. The van der Waals surface area contributed by atoms with Gasteiger partial charge in [-0.2, -0.15) is 0 Å². The molecule has 0 aliphatic carbocycles. The van der Waals surface area contributed by atoms with E-state index in [-0.39, 0.29) is 12.4 Å². The van der Waals surface area contributed by atoms with Gasteiger partial charge in [0.25, 0.3) is 0 Å². The Balaban J connectivity index is 1.84. The number of para-hydroxylation sites is 1. The van der Waals surface area contributed by atoms with E-state index in [9.17, 15) is 9.90 Å². The van der Waals surface area contributed by atoms with Crippen LogP contribution in [0.1, 0.15) is 12.5 Å². The molecule has 0 saturated carbocycles. The van der Waals surface area contributed by atoms with Gasteiger partial charge in [-0.3, -0.25) is 0 Å². The Bertz CT molecular complexity index is 915. The van der Waals surface area contributed by atoms with Gasteiger partial charge in [-0.25, -0.2) is 9.48 Å². The van der Waals surface area contributed by atoms with Crippen molar-refractivity contribution in [3.8, 4) is 11.4 Å². The molecule has 24 heavy (non-hydrogen) atoms. The zero-order valence-corrected chi connectivity index (χ0v) is 13.3. The van der Waals surface area contributed by atoms with Gasteiger partial charge in [0.2, 0.25) is 0 Å². The summed E-state index contributed by atoms with van der Waals surface area (Å²) in [5.41, 5.74) is 3.37. The van der Waals surface area contributed by atoms with E-state index in [4.69, 9.17) is 4.74 Å². The fraction of sp³-hybridized carbons (Fsp3) is 0.167. The molecule has 1 N–H and O–H groups in total. The van der Waals surface area contributed by atoms with Gasteiger partial charge in [-0.1, -0.05) is 30.0 Å². The summed E-state index contributed by atoms with van der Waals surface area (Å²) in [6.07, 6.45) is 0.527. The molecule has 0 radical (unpaired) electrons. The van der Waals surface area contributed by atoms with Crippen LogP contribution in [0.3, 0.4) is 0 Å². The molecule has 0 aliphatic rings. The lowest BCUT2D eigenvalue weighted by Crippen LogP contribution is -2.08. The van der Waals surface area contributed by atoms with Crippen LogP contribution < -0.4 is 0 Å². The second kappa shape index (κ2) is 6.54. The minimum atomic E-state index is -0.406. The third-order valence-corrected chi connectivity index (χ3v) is 3.59. The van der Waals surface area contributed by atoms with E-state index in [0.717, 1.165) is 16.6 Å². The molecule has 0 fully saturated rings. The van der Waals surface area contributed by atoms with Crippen LogP contribution in [0.25, 0.3) is 16.7 Å².